The Morgan fingerprint density at radius 1 is 1.40 bits per heavy atom. The van der Waals surface area contributed by atoms with Gasteiger partial charge >= 0.3 is 5.69 Å². The molecule has 0 bridgehead atoms. The highest BCUT2D eigenvalue weighted by molar-refractivity contribution is 5.40. The molecule has 4 nitrogen and oxygen atoms in total. The first kappa shape index (κ1) is 9.73. The van der Waals surface area contributed by atoms with E-state index in [-0.39, 0.29) is 5.69 Å². The summed E-state index contributed by atoms with van der Waals surface area (Å²) in [6, 6.07) is 7.66. The van der Waals surface area contributed by atoms with E-state index in [1.807, 2.05) is 24.3 Å². The molecule has 0 fully saturated rings. The number of ether oxygens (including phenoxy) is 1. The van der Waals surface area contributed by atoms with Crippen molar-refractivity contribution >= 4 is 0 Å². The van der Waals surface area contributed by atoms with Crippen molar-refractivity contribution in [2.24, 2.45) is 0 Å². The summed E-state index contributed by atoms with van der Waals surface area (Å²) < 4.78 is 6.64. The summed E-state index contributed by atoms with van der Waals surface area (Å²) in [5.74, 6) is 0. The zero-order valence-electron chi connectivity index (χ0n) is 8.43. The fourth-order valence-corrected chi connectivity index (χ4v) is 1.53. The molecule has 0 amide bonds. The second kappa shape index (κ2) is 4.14. The number of H-pyrrole nitrogens is 1. The smallest absolute Gasteiger partial charge is 0.330 e. The van der Waals surface area contributed by atoms with Crippen LogP contribution >= 0.6 is 0 Å². The molecule has 0 aliphatic heterocycles. The Labute approximate surface area is 87.1 Å². The SMILES string of the molecule is COCc1ccccc1-n1cc[nH]c1=O. The number of para-hydroxylation sites is 1. The minimum atomic E-state index is -0.140. The predicted molar refractivity (Wildman–Crippen MR) is 57.1 cm³/mol. The molecule has 4 heteroatoms. The summed E-state index contributed by atoms with van der Waals surface area (Å²) in [4.78, 5) is 14.0. The van der Waals surface area contributed by atoms with Crippen molar-refractivity contribution in [2.75, 3.05) is 7.11 Å². The van der Waals surface area contributed by atoms with Crippen molar-refractivity contribution in [3.8, 4) is 5.69 Å². The number of nitrogens with zero attached hydrogens (tertiary/aromatic N) is 1. The summed E-state index contributed by atoms with van der Waals surface area (Å²) in [5, 5.41) is 0. The van der Waals surface area contributed by atoms with Crippen molar-refractivity contribution < 1.29 is 4.74 Å². The largest absolute Gasteiger partial charge is 0.380 e. The summed E-state index contributed by atoms with van der Waals surface area (Å²) in [7, 11) is 1.64. The molecule has 1 heterocycles. The van der Waals surface area contributed by atoms with Crippen LogP contribution < -0.4 is 5.69 Å². The van der Waals surface area contributed by atoms with Crippen LogP contribution in [-0.4, -0.2) is 16.7 Å². The van der Waals surface area contributed by atoms with Crippen molar-refractivity contribution in [3.05, 3.63) is 52.7 Å². The van der Waals surface area contributed by atoms with Crippen molar-refractivity contribution in [1.29, 1.82) is 0 Å². The van der Waals surface area contributed by atoms with Gasteiger partial charge in [-0.25, -0.2) is 4.79 Å². The third-order valence-electron chi connectivity index (χ3n) is 2.20. The second-order valence-electron chi connectivity index (χ2n) is 3.20. The first-order valence-electron chi connectivity index (χ1n) is 4.66. The number of aromatic amines is 1. The standard InChI is InChI=1S/C11H12N2O2/c1-15-8-9-4-2-3-5-10(9)13-7-6-12-11(13)14/h2-7H,8H2,1H3,(H,12,14). The van der Waals surface area contributed by atoms with Gasteiger partial charge in [0.15, 0.2) is 0 Å². The number of methoxy groups -OCH3 is 1. The van der Waals surface area contributed by atoms with Crippen LogP contribution in [0.4, 0.5) is 0 Å². The van der Waals surface area contributed by atoms with E-state index in [0.717, 1.165) is 11.3 Å². The average Bonchev–Trinajstić information content (AvgIpc) is 2.66. The Bertz CT molecular complexity index is 499. The van der Waals surface area contributed by atoms with Gasteiger partial charge in [-0.3, -0.25) is 4.57 Å². The van der Waals surface area contributed by atoms with Crippen LogP contribution in [0.3, 0.4) is 0 Å². The van der Waals surface area contributed by atoms with Crippen LogP contribution in [0.15, 0.2) is 41.5 Å². The number of hydrogen-bond donors (Lipinski definition) is 1. The highest BCUT2D eigenvalue weighted by Crippen LogP contribution is 2.12. The number of aromatic nitrogens is 2. The van der Waals surface area contributed by atoms with Gasteiger partial charge in [-0.15, -0.1) is 0 Å². The van der Waals surface area contributed by atoms with Gasteiger partial charge in [0.25, 0.3) is 0 Å². The zero-order valence-corrected chi connectivity index (χ0v) is 8.43. The number of rotatable bonds is 3. The molecule has 0 unspecified atom stereocenters. The van der Waals surface area contributed by atoms with Gasteiger partial charge < -0.3 is 9.72 Å². The minimum Gasteiger partial charge on any atom is -0.380 e. The maximum Gasteiger partial charge on any atom is 0.330 e. The Hall–Kier alpha value is -1.81. The van der Waals surface area contributed by atoms with Gasteiger partial charge in [-0.1, -0.05) is 18.2 Å². The second-order valence-corrected chi connectivity index (χ2v) is 3.20. The van der Waals surface area contributed by atoms with E-state index in [0.29, 0.717) is 6.61 Å². The van der Waals surface area contributed by atoms with Crippen LogP contribution in [0.1, 0.15) is 5.56 Å². The Kier molecular flexibility index (Phi) is 2.69. The van der Waals surface area contributed by atoms with E-state index in [1.165, 1.54) is 0 Å². The molecule has 2 aromatic rings. The first-order chi connectivity index (χ1) is 7.33. The van der Waals surface area contributed by atoms with Gasteiger partial charge in [-0.05, 0) is 6.07 Å². The van der Waals surface area contributed by atoms with Crippen LogP contribution in [0.5, 0.6) is 0 Å². The van der Waals surface area contributed by atoms with Gasteiger partial charge in [0, 0.05) is 25.1 Å². The maximum atomic E-state index is 11.4. The van der Waals surface area contributed by atoms with Crippen LogP contribution in [0.2, 0.25) is 0 Å². The fourth-order valence-electron chi connectivity index (χ4n) is 1.53. The molecular weight excluding hydrogens is 192 g/mol. The molecule has 0 saturated carbocycles. The highest BCUT2D eigenvalue weighted by atomic mass is 16.5. The van der Waals surface area contributed by atoms with Crippen LogP contribution in [0, 0.1) is 0 Å². The van der Waals surface area contributed by atoms with Crippen LogP contribution in [0.25, 0.3) is 5.69 Å². The van der Waals surface area contributed by atoms with Gasteiger partial charge in [0.05, 0.1) is 12.3 Å². The molecule has 0 aliphatic carbocycles. The molecule has 78 valence electrons. The maximum absolute atomic E-state index is 11.4. The lowest BCUT2D eigenvalue weighted by molar-refractivity contribution is 0.184. The van der Waals surface area contributed by atoms with E-state index in [1.54, 1.807) is 24.1 Å². The highest BCUT2D eigenvalue weighted by Gasteiger charge is 2.05. The normalized spacial score (nSPS) is 10.5. The topological polar surface area (TPSA) is 47.0 Å². The quantitative estimate of drug-likeness (QED) is 0.819. The van der Waals surface area contributed by atoms with E-state index in [4.69, 9.17) is 4.74 Å². The summed E-state index contributed by atoms with van der Waals surface area (Å²) >= 11 is 0. The van der Waals surface area contributed by atoms with Gasteiger partial charge in [0.1, 0.15) is 0 Å². The summed E-state index contributed by atoms with van der Waals surface area (Å²) in [6.45, 7) is 0.494. The third-order valence-corrected chi connectivity index (χ3v) is 2.20. The molecule has 1 aromatic heterocycles. The monoisotopic (exact) mass is 204 g/mol. The molecule has 15 heavy (non-hydrogen) atoms. The van der Waals surface area contributed by atoms with E-state index < -0.39 is 0 Å². The molecule has 0 radical (unpaired) electrons. The molecule has 1 aromatic carbocycles. The molecule has 0 spiro atoms. The van der Waals surface area contributed by atoms with Crippen LogP contribution in [-0.2, 0) is 11.3 Å². The number of benzene rings is 1. The lowest BCUT2D eigenvalue weighted by Gasteiger charge is -2.07. The Morgan fingerprint density at radius 3 is 2.87 bits per heavy atom. The summed E-state index contributed by atoms with van der Waals surface area (Å²) in [6.07, 6.45) is 3.32. The number of hydrogen-bond acceptors (Lipinski definition) is 2. The van der Waals surface area contributed by atoms with Gasteiger partial charge in [0.2, 0.25) is 0 Å². The predicted octanol–water partition coefficient (Wildman–Crippen LogP) is 1.31. The Morgan fingerprint density at radius 2 is 2.20 bits per heavy atom. The molecule has 0 atom stereocenters. The van der Waals surface area contributed by atoms with Gasteiger partial charge in [-0.2, -0.15) is 0 Å². The fraction of sp³-hybridized carbons (Fsp3) is 0.182. The first-order valence-corrected chi connectivity index (χ1v) is 4.66. The lowest BCUT2D eigenvalue weighted by atomic mass is 10.2. The average molecular weight is 204 g/mol. The zero-order chi connectivity index (χ0) is 10.7. The molecule has 2 rings (SSSR count). The Balaban J connectivity index is 2.52. The molecular formula is C11H12N2O2. The molecule has 0 saturated heterocycles. The lowest BCUT2D eigenvalue weighted by Crippen LogP contribution is -2.15. The molecule has 0 aliphatic rings. The van der Waals surface area contributed by atoms with E-state index in [9.17, 15) is 4.79 Å². The third kappa shape index (κ3) is 1.85. The minimum absolute atomic E-state index is 0.140. The van der Waals surface area contributed by atoms with Crippen molar-refractivity contribution in [3.63, 3.8) is 0 Å². The van der Waals surface area contributed by atoms with E-state index in [2.05, 4.69) is 4.98 Å². The number of imidazole rings is 1. The van der Waals surface area contributed by atoms with Crippen molar-refractivity contribution in [1.82, 2.24) is 9.55 Å². The summed E-state index contributed by atoms with van der Waals surface area (Å²) in [5.41, 5.74) is 1.70. The van der Waals surface area contributed by atoms with Crippen molar-refractivity contribution in [2.45, 2.75) is 6.61 Å². The molecule has 1 N–H and O–H groups in total. The number of nitrogens with one attached hydrogen (secondary N) is 1. The van der Waals surface area contributed by atoms with E-state index >= 15 is 0 Å².